The Kier molecular flexibility index (Phi) is 2.61. The van der Waals surface area contributed by atoms with Crippen LogP contribution in [0.4, 0.5) is 0 Å². The SMILES string of the molecule is CC1(CNC2CCC(O)CC2)CC1. The van der Waals surface area contributed by atoms with Crippen LogP contribution in [0.25, 0.3) is 0 Å². The molecule has 2 aliphatic carbocycles. The molecule has 2 aliphatic rings. The molecule has 0 radical (unpaired) electrons. The molecule has 0 saturated heterocycles. The third-order valence-electron chi connectivity index (χ3n) is 3.62. The molecule has 76 valence electrons. The molecule has 0 aromatic heterocycles. The molecular formula is C11H21NO. The first-order valence-corrected chi connectivity index (χ1v) is 5.59. The molecule has 0 unspecified atom stereocenters. The van der Waals surface area contributed by atoms with Gasteiger partial charge in [0.1, 0.15) is 0 Å². The fourth-order valence-corrected chi connectivity index (χ4v) is 2.06. The van der Waals surface area contributed by atoms with Gasteiger partial charge < -0.3 is 10.4 Å². The molecule has 0 bridgehead atoms. The monoisotopic (exact) mass is 183 g/mol. The van der Waals surface area contributed by atoms with E-state index in [-0.39, 0.29) is 6.10 Å². The van der Waals surface area contributed by atoms with Gasteiger partial charge in [-0.3, -0.25) is 0 Å². The Morgan fingerprint density at radius 2 is 1.85 bits per heavy atom. The maximum atomic E-state index is 9.34. The zero-order chi connectivity index (χ0) is 9.31. The first-order chi connectivity index (χ1) is 6.18. The first kappa shape index (κ1) is 9.47. The van der Waals surface area contributed by atoms with E-state index in [9.17, 15) is 5.11 Å². The standard InChI is InChI=1S/C11H21NO/c1-11(6-7-11)8-12-9-2-4-10(13)5-3-9/h9-10,12-13H,2-8H2,1H3. The van der Waals surface area contributed by atoms with Crippen molar-refractivity contribution in [2.45, 2.75) is 57.6 Å². The second-order valence-electron chi connectivity index (χ2n) is 5.20. The van der Waals surface area contributed by atoms with Crippen LogP contribution in [0, 0.1) is 5.41 Å². The zero-order valence-electron chi connectivity index (χ0n) is 8.55. The summed E-state index contributed by atoms with van der Waals surface area (Å²) in [5, 5.41) is 13.0. The highest BCUT2D eigenvalue weighted by Gasteiger charge is 2.37. The van der Waals surface area contributed by atoms with Crippen molar-refractivity contribution in [2.75, 3.05) is 6.54 Å². The normalized spacial score (nSPS) is 37.4. The zero-order valence-corrected chi connectivity index (χ0v) is 8.55. The van der Waals surface area contributed by atoms with Crippen LogP contribution in [0.5, 0.6) is 0 Å². The Morgan fingerprint density at radius 3 is 2.38 bits per heavy atom. The quantitative estimate of drug-likeness (QED) is 0.697. The lowest BCUT2D eigenvalue weighted by Crippen LogP contribution is -2.37. The summed E-state index contributed by atoms with van der Waals surface area (Å²) in [5.74, 6) is 0. The predicted molar refractivity (Wildman–Crippen MR) is 53.6 cm³/mol. The van der Waals surface area contributed by atoms with E-state index in [4.69, 9.17) is 0 Å². The number of nitrogens with one attached hydrogen (secondary N) is 1. The fourth-order valence-electron chi connectivity index (χ4n) is 2.06. The fraction of sp³-hybridized carbons (Fsp3) is 1.00. The van der Waals surface area contributed by atoms with Gasteiger partial charge in [0.2, 0.25) is 0 Å². The van der Waals surface area contributed by atoms with E-state index in [1.165, 1.54) is 19.4 Å². The van der Waals surface area contributed by atoms with Gasteiger partial charge in [-0.25, -0.2) is 0 Å². The van der Waals surface area contributed by atoms with E-state index in [0.717, 1.165) is 25.7 Å². The first-order valence-electron chi connectivity index (χ1n) is 5.59. The van der Waals surface area contributed by atoms with Crippen LogP contribution in [0.1, 0.15) is 45.4 Å². The molecule has 0 aromatic carbocycles. The minimum atomic E-state index is -0.0189. The van der Waals surface area contributed by atoms with Gasteiger partial charge in [-0.1, -0.05) is 6.92 Å². The van der Waals surface area contributed by atoms with Crippen LogP contribution in [0.2, 0.25) is 0 Å². The van der Waals surface area contributed by atoms with Gasteiger partial charge >= 0.3 is 0 Å². The lowest BCUT2D eigenvalue weighted by Gasteiger charge is -2.27. The minimum Gasteiger partial charge on any atom is -0.393 e. The van der Waals surface area contributed by atoms with Gasteiger partial charge in [-0.05, 0) is 43.9 Å². The molecule has 2 nitrogen and oxygen atoms in total. The van der Waals surface area contributed by atoms with Crippen molar-refractivity contribution in [3.63, 3.8) is 0 Å². The van der Waals surface area contributed by atoms with Crippen LogP contribution in [0.15, 0.2) is 0 Å². The number of aliphatic hydroxyl groups is 1. The summed E-state index contributed by atoms with van der Waals surface area (Å²) in [6.45, 7) is 3.55. The van der Waals surface area contributed by atoms with Crippen molar-refractivity contribution in [3.8, 4) is 0 Å². The molecule has 2 N–H and O–H groups in total. The van der Waals surface area contributed by atoms with E-state index in [2.05, 4.69) is 12.2 Å². The largest absolute Gasteiger partial charge is 0.393 e. The summed E-state index contributed by atoms with van der Waals surface area (Å²) in [6.07, 6.45) is 7.09. The van der Waals surface area contributed by atoms with Crippen LogP contribution < -0.4 is 5.32 Å². The average molecular weight is 183 g/mol. The summed E-state index contributed by atoms with van der Waals surface area (Å²) in [6, 6.07) is 0.681. The van der Waals surface area contributed by atoms with Crippen molar-refractivity contribution in [1.29, 1.82) is 0 Å². The smallest absolute Gasteiger partial charge is 0.0541 e. The average Bonchev–Trinajstić information content (AvgIpc) is 2.84. The molecule has 2 fully saturated rings. The van der Waals surface area contributed by atoms with E-state index in [1.807, 2.05) is 0 Å². The molecule has 2 heteroatoms. The Balaban J connectivity index is 1.65. The number of hydrogen-bond acceptors (Lipinski definition) is 2. The van der Waals surface area contributed by atoms with E-state index >= 15 is 0 Å². The number of rotatable bonds is 3. The van der Waals surface area contributed by atoms with Crippen molar-refractivity contribution in [2.24, 2.45) is 5.41 Å². The molecule has 0 heterocycles. The maximum absolute atomic E-state index is 9.34. The molecule has 2 rings (SSSR count). The van der Waals surface area contributed by atoms with Crippen molar-refractivity contribution in [1.82, 2.24) is 5.32 Å². The predicted octanol–water partition coefficient (Wildman–Crippen LogP) is 1.68. The molecule has 0 atom stereocenters. The van der Waals surface area contributed by atoms with Crippen LogP contribution in [0.3, 0.4) is 0 Å². The summed E-state index contributed by atoms with van der Waals surface area (Å²) in [4.78, 5) is 0. The van der Waals surface area contributed by atoms with Crippen molar-refractivity contribution in [3.05, 3.63) is 0 Å². The Bertz CT molecular complexity index is 169. The highest BCUT2D eigenvalue weighted by Crippen LogP contribution is 2.44. The lowest BCUT2D eigenvalue weighted by molar-refractivity contribution is 0.115. The van der Waals surface area contributed by atoms with Gasteiger partial charge in [0, 0.05) is 12.6 Å². The molecule has 0 aromatic rings. The van der Waals surface area contributed by atoms with E-state index in [0.29, 0.717) is 11.5 Å². The highest BCUT2D eigenvalue weighted by atomic mass is 16.3. The third-order valence-corrected chi connectivity index (χ3v) is 3.62. The summed E-state index contributed by atoms with van der Waals surface area (Å²) < 4.78 is 0. The van der Waals surface area contributed by atoms with Crippen molar-refractivity contribution >= 4 is 0 Å². The molecule has 2 saturated carbocycles. The van der Waals surface area contributed by atoms with Crippen LogP contribution in [-0.2, 0) is 0 Å². The van der Waals surface area contributed by atoms with Crippen molar-refractivity contribution < 1.29 is 5.11 Å². The lowest BCUT2D eigenvalue weighted by atomic mass is 9.93. The summed E-state index contributed by atoms with van der Waals surface area (Å²) in [5.41, 5.74) is 0.621. The van der Waals surface area contributed by atoms with Gasteiger partial charge in [0.15, 0.2) is 0 Å². The molecule has 13 heavy (non-hydrogen) atoms. The number of aliphatic hydroxyl groups excluding tert-OH is 1. The van der Waals surface area contributed by atoms with Gasteiger partial charge in [-0.2, -0.15) is 0 Å². The third kappa shape index (κ3) is 2.68. The Hall–Kier alpha value is -0.0800. The summed E-state index contributed by atoms with van der Waals surface area (Å²) in [7, 11) is 0. The molecular weight excluding hydrogens is 162 g/mol. The minimum absolute atomic E-state index is 0.0189. The van der Waals surface area contributed by atoms with Crippen LogP contribution >= 0.6 is 0 Å². The second kappa shape index (κ2) is 3.58. The topological polar surface area (TPSA) is 32.3 Å². The van der Waals surface area contributed by atoms with Crippen LogP contribution in [-0.4, -0.2) is 23.8 Å². The summed E-state index contributed by atoms with van der Waals surface area (Å²) >= 11 is 0. The van der Waals surface area contributed by atoms with E-state index < -0.39 is 0 Å². The molecule has 0 amide bonds. The molecule has 0 spiro atoms. The maximum Gasteiger partial charge on any atom is 0.0541 e. The van der Waals surface area contributed by atoms with E-state index in [1.54, 1.807) is 0 Å². The number of hydrogen-bond donors (Lipinski definition) is 2. The van der Waals surface area contributed by atoms with Gasteiger partial charge in [-0.15, -0.1) is 0 Å². The van der Waals surface area contributed by atoms with Gasteiger partial charge in [0.25, 0.3) is 0 Å². The second-order valence-corrected chi connectivity index (χ2v) is 5.20. The highest BCUT2D eigenvalue weighted by molar-refractivity contribution is 4.91. The van der Waals surface area contributed by atoms with Gasteiger partial charge in [0.05, 0.1) is 6.10 Å². The Morgan fingerprint density at radius 1 is 1.23 bits per heavy atom. The molecule has 0 aliphatic heterocycles. The Labute approximate surface area is 80.7 Å².